The number of rotatable bonds is 3. The van der Waals surface area contributed by atoms with Gasteiger partial charge in [-0.2, -0.15) is 0 Å². The lowest BCUT2D eigenvalue weighted by Gasteiger charge is -2.18. The number of nitrogens with zero attached hydrogens (tertiary/aromatic N) is 1. The molecule has 0 unspecified atom stereocenters. The summed E-state index contributed by atoms with van der Waals surface area (Å²) in [4.78, 5) is 15.6. The maximum atomic E-state index is 11.4. The summed E-state index contributed by atoms with van der Waals surface area (Å²) in [6, 6.07) is 10.3. The average molecular weight is 278 g/mol. The highest BCUT2D eigenvalue weighted by Gasteiger charge is 2.15. The molecule has 106 valence electrons. The summed E-state index contributed by atoms with van der Waals surface area (Å²) in [7, 11) is 0. The molecular formula is C18H18N2O. The van der Waals surface area contributed by atoms with Crippen LogP contribution in [-0.2, 0) is 11.2 Å². The van der Waals surface area contributed by atoms with Crippen molar-refractivity contribution < 1.29 is 4.79 Å². The van der Waals surface area contributed by atoms with Gasteiger partial charge in [0, 0.05) is 24.5 Å². The zero-order valence-corrected chi connectivity index (χ0v) is 12.1. The third-order valence-electron chi connectivity index (χ3n) is 3.78. The molecule has 1 amide bonds. The molecule has 21 heavy (non-hydrogen) atoms. The Bertz CT molecular complexity index is 690. The number of anilines is 1. The van der Waals surface area contributed by atoms with Gasteiger partial charge in [0.25, 0.3) is 0 Å². The third kappa shape index (κ3) is 3.02. The Balaban J connectivity index is 1.95. The van der Waals surface area contributed by atoms with Crippen LogP contribution in [-0.4, -0.2) is 10.9 Å². The second kappa shape index (κ2) is 5.92. The maximum absolute atomic E-state index is 11.4. The topological polar surface area (TPSA) is 42.0 Å². The molecule has 1 aromatic carbocycles. The number of aromatic nitrogens is 1. The molecule has 3 heteroatoms. The molecule has 0 aliphatic carbocycles. The van der Waals surface area contributed by atoms with E-state index in [2.05, 4.69) is 41.5 Å². The minimum Gasteiger partial charge on any atom is -0.326 e. The second-order valence-corrected chi connectivity index (χ2v) is 5.23. The largest absolute Gasteiger partial charge is 0.326 e. The van der Waals surface area contributed by atoms with Crippen LogP contribution in [0.4, 0.5) is 5.69 Å². The first-order valence-corrected chi connectivity index (χ1v) is 7.30. The summed E-state index contributed by atoms with van der Waals surface area (Å²) < 4.78 is 0. The van der Waals surface area contributed by atoms with Gasteiger partial charge < -0.3 is 5.32 Å². The highest BCUT2D eigenvalue weighted by Crippen LogP contribution is 2.28. The van der Waals surface area contributed by atoms with Crippen molar-refractivity contribution in [1.29, 1.82) is 0 Å². The first-order valence-electron chi connectivity index (χ1n) is 7.30. The molecule has 3 rings (SSSR count). The van der Waals surface area contributed by atoms with Crippen LogP contribution in [0.3, 0.4) is 0 Å². The highest BCUT2D eigenvalue weighted by atomic mass is 16.1. The van der Waals surface area contributed by atoms with Crippen molar-refractivity contribution >= 4 is 23.2 Å². The summed E-state index contributed by atoms with van der Waals surface area (Å²) in [5, 5.41) is 2.93. The fourth-order valence-corrected chi connectivity index (χ4v) is 2.64. The van der Waals surface area contributed by atoms with Gasteiger partial charge in [-0.3, -0.25) is 9.78 Å². The lowest BCUT2D eigenvalue weighted by atomic mass is 9.95. The van der Waals surface area contributed by atoms with E-state index in [1.165, 1.54) is 16.7 Å². The van der Waals surface area contributed by atoms with E-state index in [1.54, 1.807) is 6.20 Å². The van der Waals surface area contributed by atoms with Gasteiger partial charge in [0.15, 0.2) is 0 Å². The number of carbonyl (C=O) groups is 1. The molecule has 0 atom stereocenters. The van der Waals surface area contributed by atoms with Gasteiger partial charge in [-0.05, 0) is 59.4 Å². The van der Waals surface area contributed by atoms with E-state index in [9.17, 15) is 4.79 Å². The Kier molecular flexibility index (Phi) is 3.82. The quantitative estimate of drug-likeness (QED) is 0.924. The standard InChI is InChI=1S/C18H18N2O/c1-2-14(10-13-4-3-9-19-12-13)15-5-7-17-16(11-15)6-8-18(21)20-17/h3-5,7,9-12H,2,6,8H2,1H3,(H,20,21). The first kappa shape index (κ1) is 13.6. The summed E-state index contributed by atoms with van der Waals surface area (Å²) in [6.45, 7) is 2.16. The molecule has 0 saturated heterocycles. The molecule has 0 spiro atoms. The van der Waals surface area contributed by atoms with Crippen LogP contribution < -0.4 is 5.32 Å². The Morgan fingerprint density at radius 3 is 3.00 bits per heavy atom. The maximum Gasteiger partial charge on any atom is 0.224 e. The number of carbonyl (C=O) groups excluding carboxylic acids is 1. The van der Waals surface area contributed by atoms with E-state index in [4.69, 9.17) is 0 Å². The number of amides is 1. The van der Waals surface area contributed by atoms with E-state index in [1.807, 2.05) is 18.3 Å². The van der Waals surface area contributed by atoms with Crippen LogP contribution in [0.25, 0.3) is 11.6 Å². The van der Waals surface area contributed by atoms with E-state index in [0.29, 0.717) is 6.42 Å². The average Bonchev–Trinajstić information content (AvgIpc) is 2.53. The summed E-state index contributed by atoms with van der Waals surface area (Å²) >= 11 is 0. The lowest BCUT2D eigenvalue weighted by Crippen LogP contribution is -2.18. The Hall–Kier alpha value is -2.42. The van der Waals surface area contributed by atoms with Crippen LogP contribution in [0.1, 0.15) is 36.5 Å². The van der Waals surface area contributed by atoms with Gasteiger partial charge in [-0.25, -0.2) is 0 Å². The molecule has 3 nitrogen and oxygen atoms in total. The van der Waals surface area contributed by atoms with Crippen LogP contribution >= 0.6 is 0 Å². The zero-order chi connectivity index (χ0) is 14.7. The monoisotopic (exact) mass is 278 g/mol. The van der Waals surface area contributed by atoms with E-state index in [-0.39, 0.29) is 5.91 Å². The van der Waals surface area contributed by atoms with Crippen molar-refractivity contribution in [3.05, 3.63) is 59.4 Å². The van der Waals surface area contributed by atoms with E-state index >= 15 is 0 Å². The number of aryl methyl sites for hydroxylation is 1. The third-order valence-corrected chi connectivity index (χ3v) is 3.78. The van der Waals surface area contributed by atoms with Gasteiger partial charge in [0.1, 0.15) is 0 Å². The molecule has 1 aliphatic rings. The predicted molar refractivity (Wildman–Crippen MR) is 85.8 cm³/mol. The van der Waals surface area contributed by atoms with Gasteiger partial charge in [0.05, 0.1) is 0 Å². The molecule has 0 saturated carbocycles. The zero-order valence-electron chi connectivity index (χ0n) is 12.1. The van der Waals surface area contributed by atoms with Crippen LogP contribution in [0, 0.1) is 0 Å². The second-order valence-electron chi connectivity index (χ2n) is 5.23. The molecule has 1 aliphatic heterocycles. The Morgan fingerprint density at radius 2 is 2.24 bits per heavy atom. The van der Waals surface area contributed by atoms with Crippen molar-refractivity contribution in [3.8, 4) is 0 Å². The summed E-state index contributed by atoms with van der Waals surface area (Å²) in [5.74, 6) is 0.108. The molecule has 0 fully saturated rings. The van der Waals surface area contributed by atoms with Crippen molar-refractivity contribution in [2.75, 3.05) is 5.32 Å². The van der Waals surface area contributed by atoms with Crippen LogP contribution in [0.2, 0.25) is 0 Å². The number of hydrogen-bond donors (Lipinski definition) is 1. The van der Waals surface area contributed by atoms with Crippen molar-refractivity contribution in [3.63, 3.8) is 0 Å². The molecule has 2 aromatic rings. The summed E-state index contributed by atoms with van der Waals surface area (Å²) in [5.41, 5.74) is 5.78. The van der Waals surface area contributed by atoms with Gasteiger partial charge >= 0.3 is 0 Å². The normalized spacial score (nSPS) is 14.5. The number of benzene rings is 1. The first-order chi connectivity index (χ1) is 10.3. The van der Waals surface area contributed by atoms with Crippen molar-refractivity contribution in [1.82, 2.24) is 4.98 Å². The smallest absolute Gasteiger partial charge is 0.224 e. The molecule has 1 aromatic heterocycles. The SMILES string of the molecule is CCC(=Cc1cccnc1)c1ccc2c(c1)CCC(=O)N2. The number of allylic oxidation sites excluding steroid dienone is 1. The minimum absolute atomic E-state index is 0.108. The highest BCUT2D eigenvalue weighted by molar-refractivity contribution is 5.94. The number of pyridine rings is 1. The fraction of sp³-hybridized carbons (Fsp3) is 0.222. The molecule has 1 N–H and O–H groups in total. The van der Waals surface area contributed by atoms with Crippen LogP contribution in [0.15, 0.2) is 42.7 Å². The van der Waals surface area contributed by atoms with Gasteiger partial charge in [-0.1, -0.05) is 19.1 Å². The fourth-order valence-electron chi connectivity index (χ4n) is 2.64. The Labute approximate surface area is 124 Å². The number of hydrogen-bond acceptors (Lipinski definition) is 2. The summed E-state index contributed by atoms with van der Waals surface area (Å²) in [6.07, 6.45) is 8.18. The molecular weight excluding hydrogens is 260 g/mol. The van der Waals surface area contributed by atoms with E-state index in [0.717, 1.165) is 24.1 Å². The number of nitrogens with one attached hydrogen (secondary N) is 1. The van der Waals surface area contributed by atoms with Gasteiger partial charge in [0.2, 0.25) is 5.91 Å². The van der Waals surface area contributed by atoms with Crippen molar-refractivity contribution in [2.45, 2.75) is 26.2 Å². The Morgan fingerprint density at radius 1 is 1.33 bits per heavy atom. The van der Waals surface area contributed by atoms with E-state index < -0.39 is 0 Å². The lowest BCUT2D eigenvalue weighted by molar-refractivity contribution is -0.116. The van der Waals surface area contributed by atoms with Gasteiger partial charge in [-0.15, -0.1) is 0 Å². The van der Waals surface area contributed by atoms with Crippen LogP contribution in [0.5, 0.6) is 0 Å². The minimum atomic E-state index is 0.108. The molecule has 0 bridgehead atoms. The number of fused-ring (bicyclic) bond motifs is 1. The van der Waals surface area contributed by atoms with Crippen molar-refractivity contribution in [2.24, 2.45) is 0 Å². The molecule has 2 heterocycles. The molecule has 0 radical (unpaired) electrons. The predicted octanol–water partition coefficient (Wildman–Crippen LogP) is 3.92.